The van der Waals surface area contributed by atoms with E-state index in [0.29, 0.717) is 24.4 Å². The molecule has 0 fully saturated rings. The van der Waals surface area contributed by atoms with Gasteiger partial charge in [0.15, 0.2) is 0 Å². The fourth-order valence-corrected chi connectivity index (χ4v) is 4.13. The fraction of sp³-hybridized carbons (Fsp3) is 0.880. The summed E-state index contributed by atoms with van der Waals surface area (Å²) in [7, 11) is 0. The molecule has 0 radical (unpaired) electrons. The van der Waals surface area contributed by atoms with E-state index >= 15 is 0 Å². The number of carbonyl (C=O) groups excluding carboxylic acids is 1. The number of esters is 1. The molecule has 158 valence electrons. The van der Waals surface area contributed by atoms with E-state index in [1.54, 1.807) is 0 Å². The van der Waals surface area contributed by atoms with E-state index in [2.05, 4.69) is 40.7 Å². The number of carbonyl (C=O) groups is 1. The van der Waals surface area contributed by atoms with E-state index in [9.17, 15) is 4.79 Å². The van der Waals surface area contributed by atoms with Crippen molar-refractivity contribution < 1.29 is 9.53 Å². The van der Waals surface area contributed by atoms with Crippen molar-refractivity contribution in [2.45, 2.75) is 118 Å². The highest BCUT2D eigenvalue weighted by Crippen LogP contribution is 2.45. The molecule has 1 aliphatic carbocycles. The van der Waals surface area contributed by atoms with Gasteiger partial charge in [0.05, 0.1) is 6.61 Å². The van der Waals surface area contributed by atoms with Gasteiger partial charge in [-0.3, -0.25) is 4.79 Å². The lowest BCUT2D eigenvalue weighted by Gasteiger charge is -2.30. The van der Waals surface area contributed by atoms with Crippen LogP contribution in [-0.2, 0) is 9.53 Å². The number of hydrogen-bond acceptors (Lipinski definition) is 2. The quantitative estimate of drug-likeness (QED) is 0.165. The van der Waals surface area contributed by atoms with Crippen LogP contribution in [0.5, 0.6) is 0 Å². The lowest BCUT2D eigenvalue weighted by atomic mass is 9.75. The van der Waals surface area contributed by atoms with Crippen LogP contribution in [0, 0.1) is 17.3 Å². The maximum atomic E-state index is 11.9. The number of ether oxygens (including phenoxy) is 1. The average molecular weight is 379 g/mol. The minimum absolute atomic E-state index is 0.00324. The van der Waals surface area contributed by atoms with Gasteiger partial charge in [0.1, 0.15) is 0 Å². The van der Waals surface area contributed by atoms with E-state index in [0.717, 1.165) is 18.8 Å². The van der Waals surface area contributed by atoms with Crippen molar-refractivity contribution in [3.8, 4) is 0 Å². The van der Waals surface area contributed by atoms with Gasteiger partial charge in [0, 0.05) is 6.42 Å². The molecule has 0 saturated carbocycles. The van der Waals surface area contributed by atoms with E-state index in [-0.39, 0.29) is 5.97 Å². The maximum absolute atomic E-state index is 11.9. The summed E-state index contributed by atoms with van der Waals surface area (Å²) in [6, 6.07) is 0. The molecule has 0 saturated heterocycles. The van der Waals surface area contributed by atoms with Crippen molar-refractivity contribution in [2.75, 3.05) is 6.61 Å². The molecule has 2 unspecified atom stereocenters. The largest absolute Gasteiger partial charge is 0.465 e. The van der Waals surface area contributed by atoms with Crippen LogP contribution in [0.1, 0.15) is 118 Å². The van der Waals surface area contributed by atoms with Crippen LogP contribution in [0.2, 0.25) is 0 Å². The summed E-state index contributed by atoms with van der Waals surface area (Å²) in [5.41, 5.74) is 1.87. The summed E-state index contributed by atoms with van der Waals surface area (Å²) in [6.07, 6.45) is 18.2. The van der Waals surface area contributed by atoms with Crippen molar-refractivity contribution in [1.82, 2.24) is 0 Å². The van der Waals surface area contributed by atoms with Crippen LogP contribution in [0.15, 0.2) is 11.6 Å². The Hall–Kier alpha value is -0.790. The fourth-order valence-electron chi connectivity index (χ4n) is 4.13. The van der Waals surface area contributed by atoms with Crippen molar-refractivity contribution >= 4 is 5.97 Å². The molecule has 0 bridgehead atoms. The third-order valence-electron chi connectivity index (χ3n) is 6.77. The van der Waals surface area contributed by atoms with Gasteiger partial charge in [0.25, 0.3) is 0 Å². The summed E-state index contributed by atoms with van der Waals surface area (Å²) in [6.45, 7) is 12.1. The maximum Gasteiger partial charge on any atom is 0.305 e. The molecule has 1 aliphatic rings. The number of rotatable bonds is 15. The van der Waals surface area contributed by atoms with Gasteiger partial charge >= 0.3 is 5.97 Å². The minimum atomic E-state index is 0.00324. The standard InChI is InChI=1S/C25H46O2/c1-6-7-8-9-10-11-12-13-14-15-24(26)27-20-21(2)16-18-23-19-17-22(3)25(23,4)5/h17,21,23H,6-16,18-20H2,1-5H3. The van der Waals surface area contributed by atoms with Gasteiger partial charge in [-0.25, -0.2) is 0 Å². The molecular formula is C25H46O2. The Morgan fingerprint density at radius 1 is 1.11 bits per heavy atom. The minimum Gasteiger partial charge on any atom is -0.465 e. The molecule has 0 aromatic rings. The first-order chi connectivity index (χ1) is 12.9. The van der Waals surface area contributed by atoms with Crippen LogP contribution in [0.3, 0.4) is 0 Å². The predicted molar refractivity (Wildman–Crippen MR) is 117 cm³/mol. The predicted octanol–water partition coefficient (Wildman–Crippen LogP) is 7.86. The average Bonchev–Trinajstić information content (AvgIpc) is 2.89. The van der Waals surface area contributed by atoms with E-state index < -0.39 is 0 Å². The van der Waals surface area contributed by atoms with E-state index in [1.807, 2.05) is 0 Å². The Bertz CT molecular complexity index is 436. The smallest absolute Gasteiger partial charge is 0.305 e. The third-order valence-corrected chi connectivity index (χ3v) is 6.77. The molecule has 2 heteroatoms. The van der Waals surface area contributed by atoms with E-state index in [4.69, 9.17) is 4.74 Å². The molecule has 0 N–H and O–H groups in total. The lowest BCUT2D eigenvalue weighted by molar-refractivity contribution is -0.145. The molecule has 2 atom stereocenters. The van der Waals surface area contributed by atoms with Crippen LogP contribution in [0.4, 0.5) is 0 Å². The highest BCUT2D eigenvalue weighted by atomic mass is 16.5. The van der Waals surface area contributed by atoms with Crippen LogP contribution in [0.25, 0.3) is 0 Å². The van der Waals surface area contributed by atoms with Gasteiger partial charge in [-0.15, -0.1) is 0 Å². The molecule has 1 rings (SSSR count). The summed E-state index contributed by atoms with van der Waals surface area (Å²) in [5, 5.41) is 0. The van der Waals surface area contributed by atoms with Crippen molar-refractivity contribution in [2.24, 2.45) is 17.3 Å². The molecule has 0 aromatic heterocycles. The second-order valence-corrected chi connectivity index (χ2v) is 9.49. The lowest BCUT2D eigenvalue weighted by Crippen LogP contribution is -2.21. The summed E-state index contributed by atoms with van der Waals surface area (Å²) in [4.78, 5) is 11.9. The van der Waals surface area contributed by atoms with Crippen molar-refractivity contribution in [3.05, 3.63) is 11.6 Å². The number of unbranched alkanes of at least 4 members (excludes halogenated alkanes) is 8. The molecule has 0 aromatic carbocycles. The first-order valence-electron chi connectivity index (χ1n) is 11.7. The zero-order valence-electron chi connectivity index (χ0n) is 18.9. The molecular weight excluding hydrogens is 332 g/mol. The van der Waals surface area contributed by atoms with E-state index in [1.165, 1.54) is 69.8 Å². The SMILES string of the molecule is CCCCCCCCCCCC(=O)OCC(C)CCC1CC=C(C)C1(C)C. The van der Waals surface area contributed by atoms with Crippen molar-refractivity contribution in [1.29, 1.82) is 0 Å². The second kappa shape index (κ2) is 13.4. The Morgan fingerprint density at radius 2 is 1.70 bits per heavy atom. The Labute approximate surface area is 169 Å². The van der Waals surface area contributed by atoms with Crippen LogP contribution in [-0.4, -0.2) is 12.6 Å². The molecule has 0 spiro atoms. The highest BCUT2D eigenvalue weighted by molar-refractivity contribution is 5.69. The first kappa shape index (κ1) is 24.2. The number of allylic oxidation sites excluding steroid dienone is 2. The zero-order chi connectivity index (χ0) is 20.1. The highest BCUT2D eigenvalue weighted by Gasteiger charge is 2.34. The first-order valence-corrected chi connectivity index (χ1v) is 11.7. The monoisotopic (exact) mass is 378 g/mol. The third kappa shape index (κ3) is 9.81. The zero-order valence-corrected chi connectivity index (χ0v) is 18.9. The Balaban J connectivity index is 1.98. The molecule has 2 nitrogen and oxygen atoms in total. The van der Waals surface area contributed by atoms with Crippen LogP contribution < -0.4 is 0 Å². The second-order valence-electron chi connectivity index (χ2n) is 9.49. The van der Waals surface area contributed by atoms with Gasteiger partial charge in [-0.1, -0.05) is 90.7 Å². The summed E-state index contributed by atoms with van der Waals surface area (Å²) in [5.74, 6) is 1.22. The van der Waals surface area contributed by atoms with Gasteiger partial charge in [-0.05, 0) is 49.9 Å². The summed E-state index contributed by atoms with van der Waals surface area (Å²) < 4.78 is 5.51. The molecule has 0 aliphatic heterocycles. The van der Waals surface area contributed by atoms with Gasteiger partial charge in [-0.2, -0.15) is 0 Å². The molecule has 27 heavy (non-hydrogen) atoms. The molecule has 0 amide bonds. The topological polar surface area (TPSA) is 26.3 Å². The Morgan fingerprint density at radius 3 is 2.26 bits per heavy atom. The normalized spacial score (nSPS) is 19.7. The van der Waals surface area contributed by atoms with Gasteiger partial charge < -0.3 is 4.74 Å². The van der Waals surface area contributed by atoms with Crippen molar-refractivity contribution in [3.63, 3.8) is 0 Å². The van der Waals surface area contributed by atoms with Gasteiger partial charge in [0.2, 0.25) is 0 Å². The number of hydrogen-bond donors (Lipinski definition) is 0. The summed E-state index contributed by atoms with van der Waals surface area (Å²) >= 11 is 0. The van der Waals surface area contributed by atoms with Crippen LogP contribution >= 0.6 is 0 Å². The Kier molecular flexibility index (Phi) is 12.0. The molecule has 0 heterocycles.